The molecule has 0 spiro atoms. The summed E-state index contributed by atoms with van der Waals surface area (Å²) in [4.78, 5) is 9.95. The van der Waals surface area contributed by atoms with Gasteiger partial charge in [-0.25, -0.2) is 4.39 Å². The second kappa shape index (κ2) is 5.11. The lowest BCUT2D eigenvalue weighted by Gasteiger charge is -2.01. The number of allylic oxidation sites excluding steroid dienone is 1. The Balaban J connectivity index is 2.67. The number of hydrogen-bond acceptors (Lipinski definition) is 4. The van der Waals surface area contributed by atoms with E-state index in [1.807, 2.05) is 0 Å². The largest absolute Gasteiger partial charge is 0.380 e. The van der Waals surface area contributed by atoms with Gasteiger partial charge in [-0.1, -0.05) is 12.1 Å². The molecule has 5 nitrogen and oxygen atoms in total. The highest BCUT2D eigenvalue weighted by atomic mass is 19.1. The van der Waals surface area contributed by atoms with Crippen molar-refractivity contribution in [1.29, 1.82) is 0 Å². The topological polar surface area (TPSA) is 95.2 Å². The van der Waals surface area contributed by atoms with Crippen LogP contribution < -0.4 is 11.5 Å². The molecule has 86 valence electrons. The van der Waals surface area contributed by atoms with Gasteiger partial charge in [-0.05, 0) is 24.1 Å². The monoisotopic (exact) mass is 225 g/mol. The van der Waals surface area contributed by atoms with Gasteiger partial charge in [-0.15, -0.1) is 0 Å². The number of nitrogens with two attached hydrogens (primary N) is 2. The fraction of sp³-hybridized carbons (Fsp3) is 0.200. The predicted octanol–water partition coefficient (Wildman–Crippen LogP) is 1.12. The molecule has 16 heavy (non-hydrogen) atoms. The van der Waals surface area contributed by atoms with Crippen LogP contribution in [0.3, 0.4) is 0 Å². The van der Waals surface area contributed by atoms with Gasteiger partial charge in [0.2, 0.25) is 0 Å². The van der Waals surface area contributed by atoms with E-state index >= 15 is 0 Å². The molecule has 0 radical (unpaired) electrons. The second-order valence-electron chi connectivity index (χ2n) is 3.29. The summed E-state index contributed by atoms with van der Waals surface area (Å²) in [5.74, 6) is -0.626. The molecule has 0 saturated heterocycles. The van der Waals surface area contributed by atoms with Crippen LogP contribution in [0.25, 0.3) is 0 Å². The Labute approximate surface area is 91.7 Å². The van der Waals surface area contributed by atoms with Crippen LogP contribution in [0.1, 0.15) is 12.0 Å². The van der Waals surface area contributed by atoms with Crippen molar-refractivity contribution >= 4 is 0 Å². The predicted molar refractivity (Wildman–Crippen MR) is 57.1 cm³/mol. The van der Waals surface area contributed by atoms with Crippen LogP contribution in [-0.4, -0.2) is 4.92 Å². The number of halogens is 1. The first kappa shape index (κ1) is 12.0. The number of rotatable bonds is 4. The zero-order valence-electron chi connectivity index (χ0n) is 8.52. The molecular weight excluding hydrogens is 213 g/mol. The van der Waals surface area contributed by atoms with Gasteiger partial charge in [0.1, 0.15) is 5.82 Å². The minimum Gasteiger partial charge on any atom is -0.380 e. The molecule has 1 rings (SSSR count). The van der Waals surface area contributed by atoms with Gasteiger partial charge in [0.25, 0.3) is 5.70 Å². The lowest BCUT2D eigenvalue weighted by atomic mass is 10.1. The van der Waals surface area contributed by atoms with Crippen LogP contribution in [-0.2, 0) is 6.42 Å². The number of aryl methyl sites for hydroxylation is 1. The summed E-state index contributed by atoms with van der Waals surface area (Å²) in [5.41, 5.74) is 11.0. The molecule has 0 aliphatic heterocycles. The molecule has 0 aliphatic rings. The zero-order valence-corrected chi connectivity index (χ0v) is 8.52. The van der Waals surface area contributed by atoms with Crippen LogP contribution in [0.4, 0.5) is 4.39 Å². The van der Waals surface area contributed by atoms with Crippen molar-refractivity contribution in [2.24, 2.45) is 11.5 Å². The molecule has 1 aromatic rings. The molecule has 1 aromatic carbocycles. The number of hydrogen-bond donors (Lipinski definition) is 2. The van der Waals surface area contributed by atoms with Crippen molar-refractivity contribution in [2.75, 3.05) is 0 Å². The molecule has 0 amide bonds. The van der Waals surface area contributed by atoms with E-state index in [9.17, 15) is 14.5 Å². The van der Waals surface area contributed by atoms with Crippen molar-refractivity contribution < 1.29 is 9.31 Å². The summed E-state index contributed by atoms with van der Waals surface area (Å²) in [6.07, 6.45) is 0.523. The Morgan fingerprint density at radius 2 is 1.88 bits per heavy atom. The molecule has 0 fully saturated rings. The maximum atomic E-state index is 12.6. The normalized spacial score (nSPS) is 9.81. The lowest BCUT2D eigenvalue weighted by molar-refractivity contribution is -0.429. The van der Waals surface area contributed by atoms with Crippen LogP contribution >= 0.6 is 0 Å². The van der Waals surface area contributed by atoms with E-state index < -0.39 is 4.92 Å². The average Bonchev–Trinajstić information content (AvgIpc) is 2.20. The van der Waals surface area contributed by atoms with Crippen LogP contribution in [0.5, 0.6) is 0 Å². The Kier molecular flexibility index (Phi) is 3.82. The highest BCUT2D eigenvalue weighted by Gasteiger charge is 2.14. The van der Waals surface area contributed by atoms with Crippen molar-refractivity contribution in [3.05, 3.63) is 57.3 Å². The summed E-state index contributed by atoms with van der Waals surface area (Å²) in [7, 11) is 0. The summed E-state index contributed by atoms with van der Waals surface area (Å²) in [6, 6.07) is 5.74. The van der Waals surface area contributed by atoms with E-state index in [2.05, 4.69) is 0 Å². The molecule has 4 N–H and O–H groups in total. The van der Waals surface area contributed by atoms with Gasteiger partial charge < -0.3 is 11.5 Å². The number of benzene rings is 1. The number of nitrogens with zero attached hydrogens (tertiary/aromatic N) is 1. The van der Waals surface area contributed by atoms with E-state index in [0.29, 0.717) is 6.42 Å². The van der Waals surface area contributed by atoms with Crippen molar-refractivity contribution in [2.45, 2.75) is 12.8 Å². The third kappa shape index (κ3) is 3.23. The molecule has 0 aliphatic carbocycles. The van der Waals surface area contributed by atoms with E-state index in [0.717, 1.165) is 5.56 Å². The van der Waals surface area contributed by atoms with Crippen molar-refractivity contribution in [3.63, 3.8) is 0 Å². The summed E-state index contributed by atoms with van der Waals surface area (Å²) in [6.45, 7) is 0. The third-order valence-electron chi connectivity index (χ3n) is 2.12. The molecule has 0 heterocycles. The summed E-state index contributed by atoms with van der Waals surface area (Å²) in [5, 5.41) is 10.5. The van der Waals surface area contributed by atoms with Crippen LogP contribution in [0.15, 0.2) is 35.8 Å². The van der Waals surface area contributed by atoms with Crippen LogP contribution in [0, 0.1) is 15.9 Å². The van der Waals surface area contributed by atoms with E-state index in [1.54, 1.807) is 12.1 Å². The van der Waals surface area contributed by atoms with Crippen LogP contribution in [0.2, 0.25) is 0 Å². The first-order valence-electron chi connectivity index (χ1n) is 4.63. The fourth-order valence-corrected chi connectivity index (χ4v) is 1.25. The molecule has 0 atom stereocenters. The van der Waals surface area contributed by atoms with E-state index in [4.69, 9.17) is 11.5 Å². The Morgan fingerprint density at radius 1 is 1.31 bits per heavy atom. The van der Waals surface area contributed by atoms with Gasteiger partial charge in [-0.2, -0.15) is 0 Å². The van der Waals surface area contributed by atoms with E-state index in [1.165, 1.54) is 12.1 Å². The standard InChI is InChI=1S/C10H12FN3O2/c11-8-4-1-7(2-5-8)3-6-9(10(12)13)14(15)16/h1-2,4-5H,3,6,12-13H2. The fourth-order valence-electron chi connectivity index (χ4n) is 1.25. The van der Waals surface area contributed by atoms with Gasteiger partial charge in [0.15, 0.2) is 5.82 Å². The highest BCUT2D eigenvalue weighted by Crippen LogP contribution is 2.11. The second-order valence-corrected chi connectivity index (χ2v) is 3.29. The van der Waals surface area contributed by atoms with Crippen molar-refractivity contribution in [3.8, 4) is 0 Å². The maximum absolute atomic E-state index is 12.6. The Hall–Kier alpha value is -2.11. The van der Waals surface area contributed by atoms with Gasteiger partial charge >= 0.3 is 0 Å². The molecule has 0 saturated carbocycles. The highest BCUT2D eigenvalue weighted by molar-refractivity contribution is 5.17. The molecule has 0 aromatic heterocycles. The first-order chi connectivity index (χ1) is 7.50. The average molecular weight is 225 g/mol. The van der Waals surface area contributed by atoms with Gasteiger partial charge in [-0.3, -0.25) is 10.1 Å². The Bertz CT molecular complexity index is 411. The lowest BCUT2D eigenvalue weighted by Crippen LogP contribution is -2.17. The molecule has 0 unspecified atom stereocenters. The van der Waals surface area contributed by atoms with Crippen molar-refractivity contribution in [1.82, 2.24) is 0 Å². The maximum Gasteiger partial charge on any atom is 0.285 e. The van der Waals surface area contributed by atoms with E-state index in [-0.39, 0.29) is 23.8 Å². The Morgan fingerprint density at radius 3 is 2.31 bits per heavy atom. The summed E-state index contributed by atoms with van der Waals surface area (Å²) >= 11 is 0. The minimum absolute atomic E-state index is 0.126. The summed E-state index contributed by atoms with van der Waals surface area (Å²) < 4.78 is 12.6. The molecule has 0 bridgehead atoms. The van der Waals surface area contributed by atoms with Gasteiger partial charge in [0.05, 0.1) is 4.92 Å². The smallest absolute Gasteiger partial charge is 0.285 e. The quantitative estimate of drug-likeness (QED) is 0.593. The van der Waals surface area contributed by atoms with Gasteiger partial charge in [0, 0.05) is 6.42 Å². The third-order valence-corrected chi connectivity index (χ3v) is 2.12. The SMILES string of the molecule is NC(N)=C(CCc1ccc(F)cc1)[N+](=O)[O-]. The zero-order chi connectivity index (χ0) is 12.1. The molecular formula is C10H12FN3O2. The first-order valence-corrected chi connectivity index (χ1v) is 4.63. The number of nitro groups is 1. The molecule has 6 heteroatoms. The minimum atomic E-state index is -0.598.